The molecule has 0 fully saturated rings. The van der Waals surface area contributed by atoms with Crippen LogP contribution in [0, 0.1) is 5.92 Å². The van der Waals surface area contributed by atoms with Crippen LogP contribution < -0.4 is 14.8 Å². The first-order valence-corrected chi connectivity index (χ1v) is 12.7. The maximum absolute atomic E-state index is 12.9. The molecular weight excluding hydrogens is 452 g/mol. The number of carbonyl (C=O) groups is 1. The van der Waals surface area contributed by atoms with Crippen molar-refractivity contribution in [1.29, 1.82) is 0 Å². The monoisotopic (exact) mass is 474 g/mol. The summed E-state index contributed by atoms with van der Waals surface area (Å²) in [7, 11) is 0. The van der Waals surface area contributed by atoms with Crippen molar-refractivity contribution in [3.8, 4) is 22.1 Å². The Morgan fingerprint density at radius 3 is 2.94 bits per heavy atom. The van der Waals surface area contributed by atoms with Gasteiger partial charge in [-0.25, -0.2) is 4.98 Å². The second-order valence-electron chi connectivity index (χ2n) is 8.48. The van der Waals surface area contributed by atoms with Gasteiger partial charge in [-0.15, -0.1) is 22.7 Å². The Hall–Kier alpha value is -3.16. The topological polar surface area (TPSA) is 60.5 Å². The fraction of sp³-hybridized carbons (Fsp3) is 0.231. The Labute approximate surface area is 199 Å². The molecule has 2 aromatic heterocycles. The highest BCUT2D eigenvalue weighted by atomic mass is 32.1. The molecule has 2 aromatic carbocycles. The van der Waals surface area contributed by atoms with Gasteiger partial charge in [-0.2, -0.15) is 0 Å². The highest BCUT2D eigenvalue weighted by molar-refractivity contribution is 7.23. The lowest BCUT2D eigenvalue weighted by molar-refractivity contribution is -0.111. The van der Waals surface area contributed by atoms with Crippen LogP contribution in [0.15, 0.2) is 48.5 Å². The molecule has 2 aliphatic rings. The Balaban J connectivity index is 1.31. The first-order valence-electron chi connectivity index (χ1n) is 11.0. The number of thiophene rings is 1. The van der Waals surface area contributed by atoms with Gasteiger partial charge in [0.15, 0.2) is 11.5 Å². The van der Waals surface area contributed by atoms with Crippen molar-refractivity contribution in [3.63, 3.8) is 0 Å². The SMILES string of the molecule is CC1CCc2c(sc(NC(=O)/C=C\c3ccc4c(c3)OCO4)c2-c2nc3ccccc3s2)C1. The average molecular weight is 475 g/mol. The second kappa shape index (κ2) is 8.32. The number of ether oxygens (including phenoxy) is 2. The third-order valence-corrected chi connectivity index (χ3v) is 8.30. The molecule has 5 nitrogen and oxygen atoms in total. The molecule has 1 atom stereocenters. The third-order valence-electron chi connectivity index (χ3n) is 6.08. The first-order chi connectivity index (χ1) is 16.1. The van der Waals surface area contributed by atoms with E-state index >= 15 is 0 Å². The van der Waals surface area contributed by atoms with E-state index in [1.165, 1.54) is 16.9 Å². The van der Waals surface area contributed by atoms with Crippen molar-refractivity contribution in [2.75, 3.05) is 12.1 Å². The minimum absolute atomic E-state index is 0.151. The van der Waals surface area contributed by atoms with Crippen molar-refractivity contribution in [3.05, 3.63) is 64.5 Å². The van der Waals surface area contributed by atoms with Crippen LogP contribution in [0.25, 0.3) is 26.9 Å². The number of hydrogen-bond acceptors (Lipinski definition) is 6. The fourth-order valence-corrected chi connectivity index (χ4v) is 6.91. The van der Waals surface area contributed by atoms with Gasteiger partial charge in [0.2, 0.25) is 12.7 Å². The summed E-state index contributed by atoms with van der Waals surface area (Å²) >= 11 is 3.39. The van der Waals surface area contributed by atoms with Gasteiger partial charge in [0, 0.05) is 16.5 Å². The van der Waals surface area contributed by atoms with E-state index in [1.54, 1.807) is 34.8 Å². The van der Waals surface area contributed by atoms with Gasteiger partial charge in [-0.1, -0.05) is 25.1 Å². The summed E-state index contributed by atoms with van der Waals surface area (Å²) < 4.78 is 11.9. The number of hydrogen-bond donors (Lipinski definition) is 1. The number of nitrogens with one attached hydrogen (secondary N) is 1. The number of benzene rings is 2. The van der Waals surface area contributed by atoms with Crippen LogP contribution >= 0.6 is 22.7 Å². The molecule has 3 heterocycles. The fourth-order valence-electron chi connectivity index (χ4n) is 4.39. The lowest BCUT2D eigenvalue weighted by Crippen LogP contribution is -2.09. The molecule has 0 saturated heterocycles. The average Bonchev–Trinajstić information content (AvgIpc) is 3.52. The van der Waals surface area contributed by atoms with Crippen LogP contribution in [-0.2, 0) is 17.6 Å². The number of amides is 1. The number of carbonyl (C=O) groups excluding carboxylic acids is 1. The summed E-state index contributed by atoms with van der Waals surface area (Å²) in [6.45, 7) is 2.53. The van der Waals surface area contributed by atoms with Crippen molar-refractivity contribution in [2.24, 2.45) is 5.92 Å². The normalized spacial score (nSPS) is 16.9. The standard InChI is InChI=1S/C26H22N2O3S2/c1-15-6-9-17-22(12-15)33-26(24(17)25-27-18-4-2-3-5-21(18)32-25)28-23(29)11-8-16-7-10-19-20(13-16)31-14-30-19/h2-5,7-8,10-11,13,15H,6,9,12,14H2,1H3,(H,28,29)/b11-8-. The van der Waals surface area contributed by atoms with Gasteiger partial charge in [0.05, 0.1) is 10.2 Å². The molecule has 1 unspecified atom stereocenters. The zero-order valence-corrected chi connectivity index (χ0v) is 19.7. The van der Waals surface area contributed by atoms with Crippen LogP contribution in [0.3, 0.4) is 0 Å². The first kappa shape index (κ1) is 20.4. The molecule has 1 aliphatic heterocycles. The number of thiazole rings is 1. The molecule has 6 rings (SSSR count). The lowest BCUT2D eigenvalue weighted by Gasteiger charge is -2.18. The van der Waals surface area contributed by atoms with Crippen LogP contribution in [0.2, 0.25) is 0 Å². The second-order valence-corrected chi connectivity index (χ2v) is 10.6. The van der Waals surface area contributed by atoms with Gasteiger partial charge >= 0.3 is 0 Å². The molecule has 1 amide bonds. The van der Waals surface area contributed by atoms with E-state index in [0.29, 0.717) is 11.7 Å². The van der Waals surface area contributed by atoms with E-state index in [4.69, 9.17) is 14.5 Å². The smallest absolute Gasteiger partial charge is 0.249 e. The van der Waals surface area contributed by atoms with Crippen LogP contribution in [-0.4, -0.2) is 17.7 Å². The van der Waals surface area contributed by atoms with Crippen LogP contribution in [0.4, 0.5) is 5.00 Å². The molecule has 0 spiro atoms. The molecule has 7 heteroatoms. The van der Waals surface area contributed by atoms with E-state index in [1.807, 2.05) is 36.4 Å². The predicted octanol–water partition coefficient (Wildman–Crippen LogP) is 6.53. The molecule has 33 heavy (non-hydrogen) atoms. The summed E-state index contributed by atoms with van der Waals surface area (Å²) in [6.07, 6.45) is 6.62. The highest BCUT2D eigenvalue weighted by Gasteiger charge is 2.27. The number of fused-ring (bicyclic) bond motifs is 3. The van der Waals surface area contributed by atoms with Gasteiger partial charge < -0.3 is 14.8 Å². The van der Waals surface area contributed by atoms with Crippen molar-refractivity contribution in [2.45, 2.75) is 26.2 Å². The Morgan fingerprint density at radius 1 is 1.15 bits per heavy atom. The maximum Gasteiger partial charge on any atom is 0.249 e. The van der Waals surface area contributed by atoms with Crippen molar-refractivity contribution >= 4 is 49.9 Å². The summed E-state index contributed by atoms with van der Waals surface area (Å²) in [5.41, 5.74) is 4.35. The number of aromatic nitrogens is 1. The van der Waals surface area contributed by atoms with Crippen molar-refractivity contribution < 1.29 is 14.3 Å². The van der Waals surface area contributed by atoms with Crippen molar-refractivity contribution in [1.82, 2.24) is 4.98 Å². The molecule has 0 bridgehead atoms. The predicted molar refractivity (Wildman–Crippen MR) is 134 cm³/mol. The van der Waals surface area contributed by atoms with Gasteiger partial charge in [-0.05, 0) is 66.6 Å². The summed E-state index contributed by atoms with van der Waals surface area (Å²) in [4.78, 5) is 19.2. The number of para-hydroxylation sites is 1. The van der Waals surface area contributed by atoms with E-state index in [2.05, 4.69) is 18.3 Å². The molecule has 0 saturated carbocycles. The molecular formula is C26H22N2O3S2. The molecule has 166 valence electrons. The summed E-state index contributed by atoms with van der Waals surface area (Å²) in [6, 6.07) is 13.9. The van der Waals surface area contributed by atoms with Gasteiger partial charge in [0.1, 0.15) is 10.0 Å². The van der Waals surface area contributed by atoms with E-state index in [0.717, 1.165) is 49.9 Å². The van der Waals surface area contributed by atoms with Gasteiger partial charge in [-0.3, -0.25) is 4.79 Å². The van der Waals surface area contributed by atoms with E-state index < -0.39 is 0 Å². The minimum atomic E-state index is -0.151. The van der Waals surface area contributed by atoms with Crippen LogP contribution in [0.5, 0.6) is 11.5 Å². The third kappa shape index (κ3) is 3.92. The number of anilines is 1. The van der Waals surface area contributed by atoms with Crippen LogP contribution in [0.1, 0.15) is 29.3 Å². The molecule has 0 radical (unpaired) electrons. The zero-order chi connectivity index (χ0) is 22.4. The maximum atomic E-state index is 12.9. The summed E-state index contributed by atoms with van der Waals surface area (Å²) in [5, 5.41) is 5.03. The highest BCUT2D eigenvalue weighted by Crippen LogP contribution is 2.47. The van der Waals surface area contributed by atoms with E-state index in [-0.39, 0.29) is 12.7 Å². The zero-order valence-electron chi connectivity index (χ0n) is 18.1. The molecule has 1 aliphatic carbocycles. The largest absolute Gasteiger partial charge is 0.454 e. The summed E-state index contributed by atoms with van der Waals surface area (Å²) in [5.74, 6) is 1.95. The molecule has 4 aromatic rings. The van der Waals surface area contributed by atoms with Gasteiger partial charge in [0.25, 0.3) is 0 Å². The Bertz CT molecular complexity index is 1370. The quantitative estimate of drug-likeness (QED) is 0.342. The van der Waals surface area contributed by atoms with E-state index in [9.17, 15) is 4.79 Å². The molecule has 1 N–H and O–H groups in total. The number of rotatable bonds is 4. The lowest BCUT2D eigenvalue weighted by atomic mass is 9.88. The number of nitrogens with zero attached hydrogens (tertiary/aromatic N) is 1. The Morgan fingerprint density at radius 2 is 2.03 bits per heavy atom. The Kier molecular flexibility index (Phi) is 5.15. The minimum Gasteiger partial charge on any atom is -0.454 e.